The van der Waals surface area contributed by atoms with Crippen LogP contribution in [0.5, 0.6) is 11.5 Å². The first-order valence-electron chi connectivity index (χ1n) is 13.6. The number of likely N-dealkylation sites (tertiary alicyclic amines) is 1. The first-order chi connectivity index (χ1) is 20.7. The molecule has 0 radical (unpaired) electrons. The van der Waals surface area contributed by atoms with Gasteiger partial charge < -0.3 is 25.4 Å². The number of nitrogens with zero attached hydrogens (tertiary/aromatic N) is 1. The maximum Gasteiger partial charge on any atom is 0.323 e. The van der Waals surface area contributed by atoms with Crippen LogP contribution in [0.2, 0.25) is 0 Å². The van der Waals surface area contributed by atoms with Gasteiger partial charge in [-0.3, -0.25) is 9.59 Å². The minimum absolute atomic E-state index is 0.00594. The zero-order valence-corrected chi connectivity index (χ0v) is 23.0. The summed E-state index contributed by atoms with van der Waals surface area (Å²) in [6, 6.07) is 19.6. The van der Waals surface area contributed by atoms with E-state index in [1.165, 1.54) is 53.4 Å². The van der Waals surface area contributed by atoms with Crippen LogP contribution in [-0.4, -0.2) is 35.5 Å². The van der Waals surface area contributed by atoms with Crippen LogP contribution in [0.15, 0.2) is 91.0 Å². The van der Waals surface area contributed by atoms with Crippen molar-refractivity contribution in [2.75, 3.05) is 12.1 Å². The summed E-state index contributed by atoms with van der Waals surface area (Å²) in [6.45, 7) is 1.86. The monoisotopic (exact) mass is 583 g/mol. The fourth-order valence-corrected chi connectivity index (χ4v) is 6.04. The molecule has 4 aromatic carbocycles. The summed E-state index contributed by atoms with van der Waals surface area (Å²) in [6.07, 6.45) is 0. The molecule has 3 amide bonds. The molecule has 2 aliphatic rings. The number of amides is 3. The zero-order valence-electron chi connectivity index (χ0n) is 23.0. The summed E-state index contributed by atoms with van der Waals surface area (Å²) in [5.41, 5.74) is 8.47. The third kappa shape index (κ3) is 5.27. The average molecular weight is 584 g/mol. The molecule has 10 heteroatoms. The highest BCUT2D eigenvalue weighted by molar-refractivity contribution is 6.03. The van der Waals surface area contributed by atoms with Crippen molar-refractivity contribution in [1.82, 2.24) is 4.90 Å². The van der Waals surface area contributed by atoms with Crippen molar-refractivity contribution in [2.24, 2.45) is 11.7 Å². The molecule has 2 heterocycles. The Kier molecular flexibility index (Phi) is 7.27. The van der Waals surface area contributed by atoms with Crippen LogP contribution in [0.1, 0.15) is 39.0 Å². The van der Waals surface area contributed by atoms with Gasteiger partial charge in [-0.2, -0.15) is 0 Å². The number of hydrogen-bond acceptors (Lipinski definition) is 5. The Labute approximate surface area is 246 Å². The standard InChI is InChI=1S/C33H27F2N3O5/c1-18-3-2-4-21(15-18)31(39)28-27(19-5-8-22(34)9-6-19)30(32(36)40)38(33(41)37-24-12-10-23(35)11-13-24)29(28)20-7-14-25-26(16-20)43-17-42-25/h2-16,27-30H,17H2,1H3,(H2,36,40)(H,37,41). The van der Waals surface area contributed by atoms with Crippen molar-refractivity contribution < 1.29 is 32.6 Å². The lowest BCUT2D eigenvalue weighted by Crippen LogP contribution is -2.48. The number of ether oxygens (including phenoxy) is 2. The predicted molar refractivity (Wildman–Crippen MR) is 154 cm³/mol. The van der Waals surface area contributed by atoms with Gasteiger partial charge in [-0.1, -0.05) is 42.0 Å². The normalized spacial score (nSPS) is 20.6. The summed E-state index contributed by atoms with van der Waals surface area (Å²) in [4.78, 5) is 43.2. The number of nitrogens with one attached hydrogen (secondary N) is 1. The summed E-state index contributed by atoms with van der Waals surface area (Å²) >= 11 is 0. The Bertz CT molecular complexity index is 1710. The summed E-state index contributed by atoms with van der Waals surface area (Å²) in [5, 5.41) is 2.72. The highest BCUT2D eigenvalue weighted by Crippen LogP contribution is 2.52. The largest absolute Gasteiger partial charge is 0.454 e. The number of fused-ring (bicyclic) bond motifs is 1. The molecule has 4 aromatic rings. The van der Waals surface area contributed by atoms with Crippen molar-refractivity contribution in [3.05, 3.63) is 125 Å². The van der Waals surface area contributed by atoms with Crippen LogP contribution in [0, 0.1) is 24.5 Å². The molecule has 0 aromatic heterocycles. The zero-order chi connectivity index (χ0) is 30.2. The summed E-state index contributed by atoms with van der Waals surface area (Å²) in [5.74, 6) is -3.24. The second-order valence-electron chi connectivity index (χ2n) is 10.6. The molecular formula is C33H27F2N3O5. The molecule has 4 unspecified atom stereocenters. The minimum Gasteiger partial charge on any atom is -0.454 e. The third-order valence-electron chi connectivity index (χ3n) is 7.89. The van der Waals surface area contributed by atoms with E-state index in [1.807, 2.05) is 13.0 Å². The maximum absolute atomic E-state index is 14.5. The Balaban J connectivity index is 1.56. The van der Waals surface area contributed by atoms with Gasteiger partial charge >= 0.3 is 6.03 Å². The number of carbonyl (C=O) groups excluding carboxylic acids is 3. The fraction of sp³-hybridized carbons (Fsp3) is 0.182. The highest BCUT2D eigenvalue weighted by atomic mass is 19.1. The molecule has 4 atom stereocenters. The van der Waals surface area contributed by atoms with Crippen LogP contribution in [-0.2, 0) is 4.79 Å². The van der Waals surface area contributed by atoms with Crippen LogP contribution < -0.4 is 20.5 Å². The Morgan fingerprint density at radius 2 is 1.49 bits per heavy atom. The van der Waals surface area contributed by atoms with Crippen LogP contribution >= 0.6 is 0 Å². The lowest BCUT2D eigenvalue weighted by atomic mass is 9.76. The molecule has 1 fully saturated rings. The van der Waals surface area contributed by atoms with E-state index in [-0.39, 0.29) is 18.3 Å². The lowest BCUT2D eigenvalue weighted by molar-refractivity contribution is -0.122. The van der Waals surface area contributed by atoms with Gasteiger partial charge in [0, 0.05) is 17.2 Å². The molecule has 0 aliphatic carbocycles. The fourth-order valence-electron chi connectivity index (χ4n) is 6.04. The molecule has 43 heavy (non-hydrogen) atoms. The molecule has 0 saturated carbocycles. The number of ketones is 1. The SMILES string of the molecule is Cc1cccc(C(=O)C2C(c3ccc(F)cc3)C(C(N)=O)N(C(=O)Nc3ccc(F)cc3)C2c2ccc3c(c2)OCO3)c1. The second kappa shape index (κ2) is 11.2. The van der Waals surface area contributed by atoms with Crippen molar-refractivity contribution in [3.8, 4) is 11.5 Å². The molecule has 0 bridgehead atoms. The number of Topliss-reactive ketones (excluding diaryl/α,β-unsaturated/α-hetero) is 1. The summed E-state index contributed by atoms with van der Waals surface area (Å²) in [7, 11) is 0. The Morgan fingerprint density at radius 3 is 2.16 bits per heavy atom. The van der Waals surface area contributed by atoms with E-state index in [4.69, 9.17) is 15.2 Å². The van der Waals surface area contributed by atoms with Crippen LogP contribution in [0.3, 0.4) is 0 Å². The second-order valence-corrected chi connectivity index (χ2v) is 10.6. The van der Waals surface area contributed by atoms with Gasteiger partial charge in [0.25, 0.3) is 0 Å². The Morgan fingerprint density at radius 1 is 0.837 bits per heavy atom. The molecule has 0 spiro atoms. The molecule has 2 aliphatic heterocycles. The number of anilines is 1. The molecule has 1 saturated heterocycles. The van der Waals surface area contributed by atoms with E-state index in [1.54, 1.807) is 36.4 Å². The molecule has 3 N–H and O–H groups in total. The van der Waals surface area contributed by atoms with E-state index in [9.17, 15) is 23.2 Å². The Hall–Kier alpha value is -5.25. The molecule has 6 rings (SSSR count). The maximum atomic E-state index is 14.5. The average Bonchev–Trinajstić information content (AvgIpc) is 3.61. The third-order valence-corrected chi connectivity index (χ3v) is 7.89. The number of aryl methyl sites for hydroxylation is 1. The lowest BCUT2D eigenvalue weighted by Gasteiger charge is -2.31. The first-order valence-corrected chi connectivity index (χ1v) is 13.6. The van der Waals surface area contributed by atoms with E-state index >= 15 is 0 Å². The van der Waals surface area contributed by atoms with Gasteiger partial charge in [-0.05, 0) is 72.6 Å². The summed E-state index contributed by atoms with van der Waals surface area (Å²) < 4.78 is 38.7. The van der Waals surface area contributed by atoms with Crippen LogP contribution in [0.25, 0.3) is 0 Å². The van der Waals surface area contributed by atoms with E-state index in [0.717, 1.165) is 5.56 Å². The number of hydrogen-bond donors (Lipinski definition) is 2. The smallest absolute Gasteiger partial charge is 0.323 e. The van der Waals surface area contributed by atoms with E-state index in [0.29, 0.717) is 28.2 Å². The van der Waals surface area contributed by atoms with Gasteiger partial charge in [-0.15, -0.1) is 0 Å². The van der Waals surface area contributed by atoms with E-state index < -0.39 is 47.5 Å². The van der Waals surface area contributed by atoms with Gasteiger partial charge in [0.15, 0.2) is 17.3 Å². The number of urea groups is 1. The van der Waals surface area contributed by atoms with Crippen molar-refractivity contribution in [3.63, 3.8) is 0 Å². The number of benzene rings is 4. The minimum atomic E-state index is -1.32. The van der Waals surface area contributed by atoms with Crippen LogP contribution in [0.4, 0.5) is 19.3 Å². The van der Waals surface area contributed by atoms with Crippen molar-refractivity contribution in [2.45, 2.75) is 24.9 Å². The quantitative estimate of drug-likeness (QED) is 0.282. The number of halogens is 2. The van der Waals surface area contributed by atoms with E-state index in [2.05, 4.69) is 5.32 Å². The van der Waals surface area contributed by atoms with Gasteiger partial charge in [0.2, 0.25) is 12.7 Å². The molecule has 218 valence electrons. The van der Waals surface area contributed by atoms with Gasteiger partial charge in [-0.25, -0.2) is 13.6 Å². The molecule has 8 nitrogen and oxygen atoms in total. The number of rotatable bonds is 6. The molecular weight excluding hydrogens is 556 g/mol. The topological polar surface area (TPSA) is 111 Å². The first kappa shape index (κ1) is 27.9. The van der Waals surface area contributed by atoms with Crippen molar-refractivity contribution in [1.29, 1.82) is 0 Å². The van der Waals surface area contributed by atoms with Crippen molar-refractivity contribution >= 4 is 23.4 Å². The van der Waals surface area contributed by atoms with Gasteiger partial charge in [0.05, 0.1) is 12.0 Å². The number of nitrogens with two attached hydrogens (primary N) is 1. The highest BCUT2D eigenvalue weighted by Gasteiger charge is 2.57. The number of carbonyl (C=O) groups is 3. The number of primary amides is 1. The van der Waals surface area contributed by atoms with Gasteiger partial charge in [0.1, 0.15) is 17.7 Å². The predicted octanol–water partition coefficient (Wildman–Crippen LogP) is 5.73.